The quantitative estimate of drug-likeness (QED) is 0.619. The lowest BCUT2D eigenvalue weighted by Crippen LogP contribution is -1.85. The summed E-state index contributed by atoms with van der Waals surface area (Å²) in [6.07, 6.45) is 0. The van der Waals surface area contributed by atoms with Gasteiger partial charge in [0.2, 0.25) is 0 Å². The van der Waals surface area contributed by atoms with Gasteiger partial charge in [0.15, 0.2) is 0 Å². The van der Waals surface area contributed by atoms with Gasteiger partial charge in [-0.05, 0) is 55.7 Å². The van der Waals surface area contributed by atoms with E-state index in [1.54, 1.807) is 6.07 Å². The van der Waals surface area contributed by atoms with Crippen LogP contribution in [-0.2, 0) is 0 Å². The zero-order valence-corrected chi connectivity index (χ0v) is 11.3. The SMILES string of the molecule is Cc1cc(C)c(N=Nc2ccc(O)cc2N)cc1C. The maximum Gasteiger partial charge on any atom is 0.117 e. The Morgan fingerprint density at radius 2 is 1.47 bits per heavy atom. The van der Waals surface area contributed by atoms with Gasteiger partial charge in [-0.2, -0.15) is 5.11 Å². The third-order valence-electron chi connectivity index (χ3n) is 3.09. The molecule has 0 amide bonds. The Bertz CT molecular complexity index is 648. The van der Waals surface area contributed by atoms with Crippen molar-refractivity contribution in [2.24, 2.45) is 10.2 Å². The minimum atomic E-state index is 0.124. The number of benzene rings is 2. The number of aryl methyl sites for hydroxylation is 3. The van der Waals surface area contributed by atoms with Gasteiger partial charge >= 0.3 is 0 Å². The number of nitrogens with two attached hydrogens (primary N) is 1. The minimum absolute atomic E-state index is 0.124. The number of nitrogens with zero attached hydrogens (tertiary/aromatic N) is 2. The van der Waals surface area contributed by atoms with E-state index >= 15 is 0 Å². The van der Waals surface area contributed by atoms with Gasteiger partial charge in [0.1, 0.15) is 11.4 Å². The summed E-state index contributed by atoms with van der Waals surface area (Å²) in [7, 11) is 0. The van der Waals surface area contributed by atoms with Crippen molar-refractivity contribution in [3.05, 3.63) is 47.0 Å². The summed E-state index contributed by atoms with van der Waals surface area (Å²) in [5, 5.41) is 17.7. The van der Waals surface area contributed by atoms with Crippen LogP contribution in [-0.4, -0.2) is 5.11 Å². The van der Waals surface area contributed by atoms with Gasteiger partial charge in [-0.25, -0.2) is 0 Å². The van der Waals surface area contributed by atoms with E-state index in [9.17, 15) is 5.11 Å². The molecule has 0 saturated heterocycles. The molecule has 0 spiro atoms. The Balaban J connectivity index is 2.35. The number of nitrogen functional groups attached to an aromatic ring is 1. The predicted molar refractivity (Wildman–Crippen MR) is 77.3 cm³/mol. The van der Waals surface area contributed by atoms with E-state index in [0.29, 0.717) is 11.4 Å². The molecule has 2 aromatic carbocycles. The van der Waals surface area contributed by atoms with Crippen LogP contribution in [0.1, 0.15) is 16.7 Å². The second kappa shape index (κ2) is 5.10. The predicted octanol–water partition coefficient (Wildman–Crippen LogP) is 4.32. The molecule has 98 valence electrons. The Morgan fingerprint density at radius 1 is 0.842 bits per heavy atom. The van der Waals surface area contributed by atoms with Crippen LogP contribution in [0.2, 0.25) is 0 Å². The molecule has 0 bridgehead atoms. The molecule has 0 aliphatic carbocycles. The van der Waals surface area contributed by atoms with Crippen LogP contribution >= 0.6 is 0 Å². The first-order chi connectivity index (χ1) is 8.97. The summed E-state index contributed by atoms with van der Waals surface area (Å²) < 4.78 is 0. The van der Waals surface area contributed by atoms with E-state index in [1.165, 1.54) is 23.3 Å². The molecule has 2 aromatic rings. The standard InChI is InChI=1S/C15H17N3O/c1-9-6-11(3)15(7-10(9)2)18-17-14-5-4-12(19)8-13(14)16/h4-8,19H,16H2,1-3H3. The van der Waals surface area contributed by atoms with Gasteiger partial charge in [-0.15, -0.1) is 5.11 Å². The Morgan fingerprint density at radius 3 is 2.16 bits per heavy atom. The summed E-state index contributed by atoms with van der Waals surface area (Å²) in [6, 6.07) is 8.73. The van der Waals surface area contributed by atoms with Crippen molar-refractivity contribution in [2.75, 3.05) is 5.73 Å². The number of anilines is 1. The number of rotatable bonds is 2. The third kappa shape index (κ3) is 2.91. The van der Waals surface area contributed by atoms with Crippen LogP contribution in [0.15, 0.2) is 40.6 Å². The highest BCUT2D eigenvalue weighted by Crippen LogP contribution is 2.29. The van der Waals surface area contributed by atoms with Gasteiger partial charge in [-0.1, -0.05) is 6.07 Å². The summed E-state index contributed by atoms with van der Waals surface area (Å²) in [5.74, 6) is 0.124. The molecule has 3 N–H and O–H groups in total. The molecular formula is C15H17N3O. The molecule has 0 fully saturated rings. The van der Waals surface area contributed by atoms with E-state index < -0.39 is 0 Å². The molecule has 0 heterocycles. The van der Waals surface area contributed by atoms with Crippen molar-refractivity contribution in [1.82, 2.24) is 0 Å². The molecule has 0 atom stereocenters. The topological polar surface area (TPSA) is 71.0 Å². The fourth-order valence-electron chi connectivity index (χ4n) is 1.79. The Kier molecular flexibility index (Phi) is 3.51. The zero-order chi connectivity index (χ0) is 14.0. The van der Waals surface area contributed by atoms with Gasteiger partial charge in [-0.3, -0.25) is 0 Å². The number of hydrogen-bond acceptors (Lipinski definition) is 4. The maximum atomic E-state index is 9.28. The summed E-state index contributed by atoms with van der Waals surface area (Å²) in [5.41, 5.74) is 11.0. The van der Waals surface area contributed by atoms with Gasteiger partial charge in [0.25, 0.3) is 0 Å². The fraction of sp³-hybridized carbons (Fsp3) is 0.200. The summed E-state index contributed by atoms with van der Waals surface area (Å²) in [4.78, 5) is 0. The first-order valence-corrected chi connectivity index (χ1v) is 6.05. The Hall–Kier alpha value is -2.36. The summed E-state index contributed by atoms with van der Waals surface area (Å²) in [6.45, 7) is 6.12. The van der Waals surface area contributed by atoms with Gasteiger partial charge in [0.05, 0.1) is 11.4 Å². The molecule has 0 aliphatic heterocycles. The third-order valence-corrected chi connectivity index (χ3v) is 3.09. The minimum Gasteiger partial charge on any atom is -0.508 e. The lowest BCUT2D eigenvalue weighted by Gasteiger charge is -2.05. The molecule has 19 heavy (non-hydrogen) atoms. The fourth-order valence-corrected chi connectivity index (χ4v) is 1.79. The van der Waals surface area contributed by atoms with Crippen molar-refractivity contribution < 1.29 is 5.11 Å². The highest BCUT2D eigenvalue weighted by molar-refractivity contribution is 5.64. The molecule has 0 unspecified atom stereocenters. The van der Waals surface area contributed by atoms with E-state index in [2.05, 4.69) is 23.2 Å². The highest BCUT2D eigenvalue weighted by atomic mass is 16.3. The molecule has 0 saturated carbocycles. The molecule has 0 aliphatic rings. The highest BCUT2D eigenvalue weighted by Gasteiger charge is 2.02. The largest absolute Gasteiger partial charge is 0.508 e. The van der Waals surface area contributed by atoms with Crippen LogP contribution in [0.25, 0.3) is 0 Å². The van der Waals surface area contributed by atoms with E-state index in [1.807, 2.05) is 19.9 Å². The molecule has 4 heteroatoms. The van der Waals surface area contributed by atoms with E-state index in [-0.39, 0.29) is 5.75 Å². The molecule has 0 radical (unpaired) electrons. The maximum absolute atomic E-state index is 9.28. The average molecular weight is 255 g/mol. The number of azo groups is 1. The normalized spacial score (nSPS) is 11.1. The number of phenolic OH excluding ortho intramolecular Hbond substituents is 1. The van der Waals surface area contributed by atoms with Crippen molar-refractivity contribution in [3.8, 4) is 5.75 Å². The second-order valence-corrected chi connectivity index (χ2v) is 4.67. The molecule has 0 aromatic heterocycles. The Labute approximate surface area is 112 Å². The van der Waals surface area contributed by atoms with Crippen LogP contribution < -0.4 is 5.73 Å². The average Bonchev–Trinajstić information content (AvgIpc) is 2.34. The first-order valence-electron chi connectivity index (χ1n) is 6.05. The van der Waals surface area contributed by atoms with Gasteiger partial charge in [0, 0.05) is 6.07 Å². The first kappa shape index (κ1) is 13.1. The number of phenols is 1. The van der Waals surface area contributed by atoms with Crippen LogP contribution in [0.4, 0.5) is 17.1 Å². The summed E-state index contributed by atoms with van der Waals surface area (Å²) >= 11 is 0. The van der Waals surface area contributed by atoms with E-state index in [4.69, 9.17) is 5.73 Å². The van der Waals surface area contributed by atoms with Crippen LogP contribution in [0, 0.1) is 20.8 Å². The molecule has 4 nitrogen and oxygen atoms in total. The van der Waals surface area contributed by atoms with Crippen molar-refractivity contribution in [3.63, 3.8) is 0 Å². The lowest BCUT2D eigenvalue weighted by atomic mass is 10.1. The number of aromatic hydroxyl groups is 1. The smallest absolute Gasteiger partial charge is 0.117 e. The monoisotopic (exact) mass is 255 g/mol. The zero-order valence-electron chi connectivity index (χ0n) is 11.3. The number of hydrogen-bond donors (Lipinski definition) is 2. The van der Waals surface area contributed by atoms with Crippen molar-refractivity contribution >= 4 is 17.1 Å². The lowest BCUT2D eigenvalue weighted by molar-refractivity contribution is 0.475. The molecule has 2 rings (SSSR count). The van der Waals surface area contributed by atoms with E-state index in [0.717, 1.165) is 11.3 Å². The second-order valence-electron chi connectivity index (χ2n) is 4.67. The van der Waals surface area contributed by atoms with Crippen LogP contribution in [0.5, 0.6) is 5.75 Å². The van der Waals surface area contributed by atoms with Crippen molar-refractivity contribution in [2.45, 2.75) is 20.8 Å². The van der Waals surface area contributed by atoms with Crippen LogP contribution in [0.3, 0.4) is 0 Å². The van der Waals surface area contributed by atoms with Crippen molar-refractivity contribution in [1.29, 1.82) is 0 Å². The molecular weight excluding hydrogens is 238 g/mol. The van der Waals surface area contributed by atoms with Gasteiger partial charge < -0.3 is 10.8 Å².